The van der Waals surface area contributed by atoms with Crippen molar-refractivity contribution in [1.82, 2.24) is 9.97 Å². The first-order valence-electron chi connectivity index (χ1n) is 7.86. The first-order chi connectivity index (χ1) is 13.3. The lowest BCUT2D eigenvalue weighted by Crippen LogP contribution is -2.09. The number of esters is 1. The Hall–Kier alpha value is -2.64. The Kier molecular flexibility index (Phi) is 5.86. The minimum absolute atomic E-state index is 0.0396. The number of pyridine rings is 2. The maximum atomic E-state index is 12.8. The average Bonchev–Trinajstić information content (AvgIpc) is 2.67. The van der Waals surface area contributed by atoms with Crippen molar-refractivity contribution in [3.05, 3.63) is 81.7 Å². The van der Waals surface area contributed by atoms with Gasteiger partial charge >= 0.3 is 12.1 Å². The first-order valence-corrected chi connectivity index (χ1v) is 8.62. The van der Waals surface area contributed by atoms with Crippen LogP contribution in [0, 0.1) is 0 Å². The summed E-state index contributed by atoms with van der Waals surface area (Å²) in [4.78, 5) is 20.5. The van der Waals surface area contributed by atoms with E-state index in [1.807, 2.05) is 0 Å². The standard InChI is InChI=1S/C19H11Cl2F3N2O2/c20-14-6-7-16(13-5-4-11(9-15(13)21)19(22,23)24)26-17(14)18(27)28-10-12-3-1-2-8-25-12/h1-9H,10H2. The number of nitrogens with zero attached hydrogens (tertiary/aromatic N) is 2. The number of carbonyl (C=O) groups excluding carboxylic acids is 1. The van der Waals surface area contributed by atoms with Crippen LogP contribution in [0.5, 0.6) is 0 Å². The summed E-state index contributed by atoms with van der Waals surface area (Å²) in [6.45, 7) is -0.0804. The highest BCUT2D eigenvalue weighted by atomic mass is 35.5. The SMILES string of the molecule is O=C(OCc1ccccn1)c1nc(-c2ccc(C(F)(F)F)cc2Cl)ccc1Cl. The van der Waals surface area contributed by atoms with Gasteiger partial charge < -0.3 is 4.74 Å². The summed E-state index contributed by atoms with van der Waals surface area (Å²) in [7, 11) is 0. The maximum absolute atomic E-state index is 12.8. The predicted molar refractivity (Wildman–Crippen MR) is 98.1 cm³/mol. The van der Waals surface area contributed by atoms with Crippen LogP contribution in [0.2, 0.25) is 10.0 Å². The van der Waals surface area contributed by atoms with E-state index in [-0.39, 0.29) is 33.6 Å². The van der Waals surface area contributed by atoms with Crippen molar-refractivity contribution >= 4 is 29.2 Å². The lowest BCUT2D eigenvalue weighted by molar-refractivity contribution is -0.137. The fourth-order valence-corrected chi connectivity index (χ4v) is 2.79. The second-order valence-corrected chi connectivity index (χ2v) is 6.43. The largest absolute Gasteiger partial charge is 0.454 e. The smallest absolute Gasteiger partial charge is 0.416 e. The number of alkyl halides is 3. The van der Waals surface area contributed by atoms with Gasteiger partial charge in [-0.05, 0) is 36.4 Å². The lowest BCUT2D eigenvalue weighted by Gasteiger charge is -2.11. The molecule has 9 heteroatoms. The molecule has 2 heterocycles. The molecule has 3 rings (SSSR count). The molecule has 0 atom stereocenters. The molecule has 0 aliphatic rings. The quantitative estimate of drug-likeness (QED) is 0.492. The number of hydrogen-bond acceptors (Lipinski definition) is 4. The normalized spacial score (nSPS) is 11.3. The van der Waals surface area contributed by atoms with Crippen LogP contribution in [-0.4, -0.2) is 15.9 Å². The van der Waals surface area contributed by atoms with E-state index in [0.717, 1.165) is 12.1 Å². The van der Waals surface area contributed by atoms with E-state index >= 15 is 0 Å². The highest BCUT2D eigenvalue weighted by Crippen LogP contribution is 2.35. The van der Waals surface area contributed by atoms with Gasteiger partial charge in [-0.15, -0.1) is 0 Å². The van der Waals surface area contributed by atoms with Crippen molar-refractivity contribution in [2.75, 3.05) is 0 Å². The summed E-state index contributed by atoms with van der Waals surface area (Å²) in [5.41, 5.74) is -0.108. The molecule has 0 radical (unpaired) electrons. The summed E-state index contributed by atoms with van der Waals surface area (Å²) in [6.07, 6.45) is -2.96. The second-order valence-electron chi connectivity index (χ2n) is 5.62. The third-order valence-electron chi connectivity index (χ3n) is 3.69. The molecule has 0 aliphatic carbocycles. The van der Waals surface area contributed by atoms with Gasteiger partial charge in [0, 0.05) is 11.8 Å². The highest BCUT2D eigenvalue weighted by Gasteiger charge is 2.31. The van der Waals surface area contributed by atoms with E-state index < -0.39 is 17.7 Å². The monoisotopic (exact) mass is 426 g/mol. The molecule has 0 spiro atoms. The number of hydrogen-bond donors (Lipinski definition) is 0. The van der Waals surface area contributed by atoms with E-state index in [4.69, 9.17) is 27.9 Å². The van der Waals surface area contributed by atoms with Gasteiger partial charge in [-0.3, -0.25) is 4.98 Å². The van der Waals surface area contributed by atoms with Gasteiger partial charge in [0.25, 0.3) is 0 Å². The van der Waals surface area contributed by atoms with E-state index in [9.17, 15) is 18.0 Å². The van der Waals surface area contributed by atoms with Crippen molar-refractivity contribution < 1.29 is 22.7 Å². The van der Waals surface area contributed by atoms with Gasteiger partial charge in [0.15, 0.2) is 5.69 Å². The Morgan fingerprint density at radius 2 is 1.82 bits per heavy atom. The number of rotatable bonds is 4. The minimum Gasteiger partial charge on any atom is -0.454 e. The molecule has 144 valence electrons. The minimum atomic E-state index is -4.52. The van der Waals surface area contributed by atoms with E-state index in [1.54, 1.807) is 24.4 Å². The number of carbonyl (C=O) groups is 1. The van der Waals surface area contributed by atoms with E-state index in [0.29, 0.717) is 5.69 Å². The molecular formula is C19H11Cl2F3N2O2. The predicted octanol–water partition coefficient (Wildman–Crippen LogP) is 5.83. The molecule has 1 aromatic carbocycles. The Balaban J connectivity index is 1.86. The molecule has 0 unspecified atom stereocenters. The topological polar surface area (TPSA) is 52.1 Å². The Bertz CT molecular complexity index is 1010. The average molecular weight is 427 g/mol. The van der Waals surface area contributed by atoms with Crippen LogP contribution in [0.4, 0.5) is 13.2 Å². The van der Waals surface area contributed by atoms with Crippen LogP contribution < -0.4 is 0 Å². The molecule has 3 aromatic rings. The van der Waals surface area contributed by atoms with Gasteiger partial charge in [-0.1, -0.05) is 35.3 Å². The van der Waals surface area contributed by atoms with Crippen LogP contribution in [0.15, 0.2) is 54.7 Å². The highest BCUT2D eigenvalue weighted by molar-refractivity contribution is 6.34. The molecule has 0 amide bonds. The summed E-state index contributed by atoms with van der Waals surface area (Å²) < 4.78 is 43.5. The summed E-state index contributed by atoms with van der Waals surface area (Å²) in [5.74, 6) is -0.791. The van der Waals surface area contributed by atoms with Crippen molar-refractivity contribution in [3.63, 3.8) is 0 Å². The van der Waals surface area contributed by atoms with Crippen molar-refractivity contribution in [2.45, 2.75) is 12.8 Å². The molecule has 0 N–H and O–H groups in total. The van der Waals surface area contributed by atoms with Crippen LogP contribution in [0.3, 0.4) is 0 Å². The van der Waals surface area contributed by atoms with Crippen LogP contribution >= 0.6 is 23.2 Å². The Morgan fingerprint density at radius 1 is 1.04 bits per heavy atom. The van der Waals surface area contributed by atoms with Gasteiger partial charge in [0.2, 0.25) is 0 Å². The number of ether oxygens (including phenoxy) is 1. The van der Waals surface area contributed by atoms with Crippen LogP contribution in [0.25, 0.3) is 11.3 Å². The third kappa shape index (κ3) is 4.61. The molecule has 0 saturated heterocycles. The molecular weight excluding hydrogens is 416 g/mol. The molecule has 2 aromatic heterocycles. The van der Waals surface area contributed by atoms with Gasteiger partial charge in [-0.2, -0.15) is 13.2 Å². The molecule has 0 saturated carbocycles. The Morgan fingerprint density at radius 3 is 2.46 bits per heavy atom. The molecule has 0 fully saturated rings. The zero-order valence-corrected chi connectivity index (χ0v) is 15.5. The Labute approximate surface area is 167 Å². The van der Waals surface area contributed by atoms with Gasteiger partial charge in [0.05, 0.1) is 27.0 Å². The molecule has 0 bridgehead atoms. The molecule has 0 aliphatic heterocycles. The van der Waals surface area contributed by atoms with E-state index in [2.05, 4.69) is 9.97 Å². The second kappa shape index (κ2) is 8.16. The lowest BCUT2D eigenvalue weighted by atomic mass is 10.1. The van der Waals surface area contributed by atoms with Crippen molar-refractivity contribution in [3.8, 4) is 11.3 Å². The van der Waals surface area contributed by atoms with Gasteiger partial charge in [0.1, 0.15) is 6.61 Å². The fourth-order valence-electron chi connectivity index (χ4n) is 2.33. The molecule has 28 heavy (non-hydrogen) atoms. The fraction of sp³-hybridized carbons (Fsp3) is 0.105. The summed E-state index contributed by atoms with van der Waals surface area (Å²) in [6, 6.07) is 10.9. The van der Waals surface area contributed by atoms with Gasteiger partial charge in [-0.25, -0.2) is 9.78 Å². The zero-order chi connectivity index (χ0) is 20.3. The third-order valence-corrected chi connectivity index (χ3v) is 4.31. The summed E-state index contributed by atoms with van der Waals surface area (Å²) in [5, 5.41) is -0.116. The first kappa shape index (κ1) is 20.1. The van der Waals surface area contributed by atoms with Crippen LogP contribution in [0.1, 0.15) is 21.7 Å². The summed E-state index contributed by atoms with van der Waals surface area (Å²) >= 11 is 12.0. The van der Waals surface area contributed by atoms with Crippen LogP contribution in [-0.2, 0) is 17.5 Å². The number of halogens is 5. The maximum Gasteiger partial charge on any atom is 0.416 e. The number of aromatic nitrogens is 2. The number of benzene rings is 1. The van der Waals surface area contributed by atoms with E-state index in [1.165, 1.54) is 18.2 Å². The zero-order valence-electron chi connectivity index (χ0n) is 14.0. The van der Waals surface area contributed by atoms with Crippen molar-refractivity contribution in [2.24, 2.45) is 0 Å². The molecule has 4 nitrogen and oxygen atoms in total. The van der Waals surface area contributed by atoms with Crippen molar-refractivity contribution in [1.29, 1.82) is 0 Å².